The molecule has 0 aliphatic carbocycles. The quantitative estimate of drug-likeness (QED) is 0.850. The second kappa shape index (κ2) is 5.64. The standard InChI is InChI=1S/C12H19NOS/c1-10(12-3-2-8-15-12)9-13-11-4-6-14-7-5-11/h2-3,8,10-11,13H,4-7,9H2,1H3. The lowest BCUT2D eigenvalue weighted by molar-refractivity contribution is 0.0778. The predicted molar refractivity (Wildman–Crippen MR) is 64.6 cm³/mol. The van der Waals surface area contributed by atoms with Gasteiger partial charge in [-0.2, -0.15) is 0 Å². The summed E-state index contributed by atoms with van der Waals surface area (Å²) >= 11 is 1.85. The smallest absolute Gasteiger partial charge is 0.0480 e. The van der Waals surface area contributed by atoms with Crippen molar-refractivity contribution in [2.24, 2.45) is 0 Å². The summed E-state index contributed by atoms with van der Waals surface area (Å²) in [6.45, 7) is 5.22. The van der Waals surface area contributed by atoms with Crippen molar-refractivity contribution in [3.05, 3.63) is 22.4 Å². The lowest BCUT2D eigenvalue weighted by Gasteiger charge is -2.24. The molecule has 1 atom stereocenters. The molecule has 1 N–H and O–H groups in total. The van der Waals surface area contributed by atoms with Crippen molar-refractivity contribution in [2.75, 3.05) is 19.8 Å². The lowest BCUT2D eigenvalue weighted by Crippen LogP contribution is -2.36. The summed E-state index contributed by atoms with van der Waals surface area (Å²) in [5.74, 6) is 0.632. The van der Waals surface area contributed by atoms with Crippen LogP contribution in [0.3, 0.4) is 0 Å². The molecule has 0 bridgehead atoms. The second-order valence-electron chi connectivity index (χ2n) is 4.21. The fraction of sp³-hybridized carbons (Fsp3) is 0.667. The summed E-state index contributed by atoms with van der Waals surface area (Å²) in [5, 5.41) is 5.79. The van der Waals surface area contributed by atoms with Gasteiger partial charge in [0, 0.05) is 36.6 Å². The molecule has 84 valence electrons. The van der Waals surface area contributed by atoms with Gasteiger partial charge in [-0.15, -0.1) is 11.3 Å². The Labute approximate surface area is 95.6 Å². The van der Waals surface area contributed by atoms with Gasteiger partial charge in [0.2, 0.25) is 0 Å². The number of thiophene rings is 1. The van der Waals surface area contributed by atoms with Crippen LogP contribution in [0.15, 0.2) is 17.5 Å². The van der Waals surface area contributed by atoms with Crippen molar-refractivity contribution < 1.29 is 4.74 Å². The molecule has 0 radical (unpaired) electrons. The molecule has 2 rings (SSSR count). The van der Waals surface area contributed by atoms with Crippen molar-refractivity contribution in [1.29, 1.82) is 0 Å². The second-order valence-corrected chi connectivity index (χ2v) is 5.19. The van der Waals surface area contributed by atoms with E-state index in [1.54, 1.807) is 0 Å². The molecule has 1 aromatic heterocycles. The van der Waals surface area contributed by atoms with E-state index in [1.807, 2.05) is 11.3 Å². The molecule has 0 amide bonds. The first-order chi connectivity index (χ1) is 7.36. The van der Waals surface area contributed by atoms with Crippen molar-refractivity contribution in [2.45, 2.75) is 31.7 Å². The molecule has 3 heteroatoms. The Hall–Kier alpha value is -0.380. The van der Waals surface area contributed by atoms with Crippen LogP contribution in [0.5, 0.6) is 0 Å². The van der Waals surface area contributed by atoms with Crippen molar-refractivity contribution in [1.82, 2.24) is 5.32 Å². The minimum absolute atomic E-state index is 0.632. The topological polar surface area (TPSA) is 21.3 Å². The number of ether oxygens (including phenoxy) is 1. The number of hydrogen-bond acceptors (Lipinski definition) is 3. The van der Waals surface area contributed by atoms with E-state index < -0.39 is 0 Å². The summed E-state index contributed by atoms with van der Waals surface area (Å²) in [6.07, 6.45) is 2.33. The van der Waals surface area contributed by atoms with Gasteiger partial charge in [-0.3, -0.25) is 0 Å². The highest BCUT2D eigenvalue weighted by atomic mass is 32.1. The molecular formula is C12H19NOS. The van der Waals surface area contributed by atoms with E-state index in [4.69, 9.17) is 4.74 Å². The summed E-state index contributed by atoms with van der Waals surface area (Å²) < 4.78 is 5.34. The maximum absolute atomic E-state index is 5.34. The maximum Gasteiger partial charge on any atom is 0.0480 e. The fourth-order valence-corrected chi connectivity index (χ4v) is 2.70. The molecule has 1 unspecified atom stereocenters. The Kier molecular flexibility index (Phi) is 4.18. The van der Waals surface area contributed by atoms with Crippen LogP contribution in [0.2, 0.25) is 0 Å². The molecular weight excluding hydrogens is 206 g/mol. The van der Waals surface area contributed by atoms with Gasteiger partial charge in [0.15, 0.2) is 0 Å². The summed E-state index contributed by atoms with van der Waals surface area (Å²) in [4.78, 5) is 1.48. The van der Waals surface area contributed by atoms with Crippen LogP contribution in [0.1, 0.15) is 30.6 Å². The van der Waals surface area contributed by atoms with E-state index in [0.29, 0.717) is 12.0 Å². The largest absolute Gasteiger partial charge is 0.381 e. The Morgan fingerprint density at radius 1 is 1.53 bits per heavy atom. The van der Waals surface area contributed by atoms with Gasteiger partial charge in [-0.1, -0.05) is 13.0 Å². The fourth-order valence-electron chi connectivity index (χ4n) is 1.92. The lowest BCUT2D eigenvalue weighted by atomic mass is 10.1. The number of rotatable bonds is 4. The molecule has 15 heavy (non-hydrogen) atoms. The van der Waals surface area contributed by atoms with Gasteiger partial charge in [0.05, 0.1) is 0 Å². The molecule has 1 aliphatic heterocycles. The third kappa shape index (κ3) is 3.30. The minimum atomic E-state index is 0.632. The van der Waals surface area contributed by atoms with Crippen LogP contribution >= 0.6 is 11.3 Å². The minimum Gasteiger partial charge on any atom is -0.381 e. The van der Waals surface area contributed by atoms with Crippen LogP contribution < -0.4 is 5.32 Å². The molecule has 1 saturated heterocycles. The molecule has 1 aliphatic rings. The van der Waals surface area contributed by atoms with E-state index in [0.717, 1.165) is 32.6 Å². The van der Waals surface area contributed by atoms with Gasteiger partial charge in [0.25, 0.3) is 0 Å². The van der Waals surface area contributed by atoms with E-state index in [9.17, 15) is 0 Å². The first kappa shape index (κ1) is 11.1. The molecule has 2 nitrogen and oxygen atoms in total. The normalized spacial score (nSPS) is 20.3. The van der Waals surface area contributed by atoms with Crippen LogP contribution in [0.25, 0.3) is 0 Å². The third-order valence-electron chi connectivity index (χ3n) is 2.96. The van der Waals surface area contributed by atoms with Gasteiger partial charge < -0.3 is 10.1 Å². The van der Waals surface area contributed by atoms with Gasteiger partial charge in [0.1, 0.15) is 0 Å². The van der Waals surface area contributed by atoms with Gasteiger partial charge in [-0.05, 0) is 24.3 Å². The Morgan fingerprint density at radius 2 is 2.33 bits per heavy atom. The van der Waals surface area contributed by atoms with Crippen molar-refractivity contribution in [3.63, 3.8) is 0 Å². The zero-order valence-corrected chi connectivity index (χ0v) is 10.1. The third-order valence-corrected chi connectivity index (χ3v) is 4.07. The van der Waals surface area contributed by atoms with Gasteiger partial charge in [-0.25, -0.2) is 0 Å². The van der Waals surface area contributed by atoms with Crippen molar-refractivity contribution >= 4 is 11.3 Å². The highest BCUT2D eigenvalue weighted by molar-refractivity contribution is 7.10. The monoisotopic (exact) mass is 225 g/mol. The average Bonchev–Trinajstić information content (AvgIpc) is 2.81. The van der Waals surface area contributed by atoms with Crippen LogP contribution in [-0.4, -0.2) is 25.8 Å². The number of hydrogen-bond donors (Lipinski definition) is 1. The SMILES string of the molecule is CC(CNC1CCOCC1)c1cccs1. The van der Waals surface area contributed by atoms with Crippen LogP contribution in [0.4, 0.5) is 0 Å². The zero-order chi connectivity index (χ0) is 10.5. The summed E-state index contributed by atoms with van der Waals surface area (Å²) in [5.41, 5.74) is 0. The summed E-state index contributed by atoms with van der Waals surface area (Å²) in [7, 11) is 0. The number of nitrogens with one attached hydrogen (secondary N) is 1. The van der Waals surface area contributed by atoms with Gasteiger partial charge >= 0.3 is 0 Å². The molecule has 0 aromatic carbocycles. The highest BCUT2D eigenvalue weighted by Gasteiger charge is 2.14. The van der Waals surface area contributed by atoms with E-state index in [-0.39, 0.29) is 0 Å². The van der Waals surface area contributed by atoms with Crippen LogP contribution in [-0.2, 0) is 4.74 Å². The zero-order valence-electron chi connectivity index (χ0n) is 9.24. The Balaban J connectivity index is 1.73. The molecule has 0 saturated carbocycles. The highest BCUT2D eigenvalue weighted by Crippen LogP contribution is 2.20. The van der Waals surface area contributed by atoms with Crippen LogP contribution in [0, 0.1) is 0 Å². The Morgan fingerprint density at radius 3 is 3.00 bits per heavy atom. The Bertz CT molecular complexity index is 267. The van der Waals surface area contributed by atoms with E-state index in [1.165, 1.54) is 4.88 Å². The molecule has 1 aromatic rings. The molecule has 2 heterocycles. The maximum atomic E-state index is 5.34. The first-order valence-corrected chi connectivity index (χ1v) is 6.59. The first-order valence-electron chi connectivity index (χ1n) is 5.71. The summed E-state index contributed by atoms with van der Waals surface area (Å²) in [6, 6.07) is 5.02. The van der Waals surface area contributed by atoms with Crippen molar-refractivity contribution in [3.8, 4) is 0 Å². The van der Waals surface area contributed by atoms with E-state index in [2.05, 4.69) is 29.8 Å². The van der Waals surface area contributed by atoms with E-state index >= 15 is 0 Å². The molecule has 0 spiro atoms. The molecule has 1 fully saturated rings. The predicted octanol–water partition coefficient (Wildman–Crippen LogP) is 2.62. The average molecular weight is 225 g/mol.